The average Bonchev–Trinajstić information content (AvgIpc) is 3.70. The number of amides is 1. The van der Waals surface area contributed by atoms with Crippen molar-refractivity contribution in [2.75, 3.05) is 49.6 Å². The summed E-state index contributed by atoms with van der Waals surface area (Å²) in [6.45, 7) is 6.46. The van der Waals surface area contributed by atoms with E-state index >= 15 is 0 Å². The lowest BCUT2D eigenvalue weighted by atomic mass is 9.87. The Labute approximate surface area is 264 Å². The molecule has 0 spiro atoms. The van der Waals surface area contributed by atoms with Crippen LogP contribution in [0.3, 0.4) is 0 Å². The molecule has 7 rings (SSSR count). The van der Waals surface area contributed by atoms with E-state index in [1.54, 1.807) is 35.9 Å². The van der Waals surface area contributed by atoms with Crippen molar-refractivity contribution in [1.29, 1.82) is 0 Å². The predicted octanol–water partition coefficient (Wildman–Crippen LogP) is 5.42. The van der Waals surface area contributed by atoms with Crippen LogP contribution in [0.5, 0.6) is 0 Å². The second kappa shape index (κ2) is 11.6. The molecular weight excluding hydrogens is 593 g/mol. The number of aryl methyl sites for hydroxylation is 2. The number of imidazole rings is 1. The van der Waals surface area contributed by atoms with Crippen LogP contribution in [0.1, 0.15) is 39.7 Å². The van der Waals surface area contributed by atoms with Crippen molar-refractivity contribution in [3.05, 3.63) is 89.4 Å². The number of carbonyl (C=O) groups excluding carboxylic acids is 1. The molecule has 1 amide bonds. The van der Waals surface area contributed by atoms with Crippen LogP contribution in [0.4, 0.5) is 24.5 Å². The number of alkyl halides is 3. The number of aromatic nitrogens is 5. The fourth-order valence-electron chi connectivity index (χ4n) is 6.72. The summed E-state index contributed by atoms with van der Waals surface area (Å²) in [4.78, 5) is 29.8. The molecule has 0 saturated carbocycles. The quantitative estimate of drug-likeness (QED) is 0.250. The third kappa shape index (κ3) is 5.40. The molecule has 0 aliphatic carbocycles. The maximum Gasteiger partial charge on any atom is 0.435 e. The monoisotopic (exact) mass is 628 g/mol. The average molecular weight is 629 g/mol. The molecule has 0 unspecified atom stereocenters. The number of rotatable bonds is 6. The summed E-state index contributed by atoms with van der Waals surface area (Å²) in [6, 6.07) is 9.77. The van der Waals surface area contributed by atoms with Crippen LogP contribution in [0, 0.1) is 0 Å². The highest BCUT2D eigenvalue weighted by Crippen LogP contribution is 2.41. The molecule has 5 heterocycles. The minimum atomic E-state index is -4.65. The SMILES string of the molecule is CCc1cc(N2CCN(C)CC2)c2nccc(N3CCc4c(cc(Cn5ccnc5)cc4-c4cn(C)nc4C(F)(F)F)C3=O)c2c1. The maximum absolute atomic E-state index is 14.5. The lowest BCUT2D eigenvalue weighted by molar-refractivity contribution is -0.140. The number of halogens is 3. The normalized spacial score (nSPS) is 16.0. The van der Waals surface area contributed by atoms with E-state index in [1.807, 2.05) is 16.7 Å². The molecule has 0 bridgehead atoms. The van der Waals surface area contributed by atoms with Crippen molar-refractivity contribution >= 4 is 28.2 Å². The van der Waals surface area contributed by atoms with Gasteiger partial charge in [0.25, 0.3) is 5.91 Å². The lowest BCUT2D eigenvalue weighted by Crippen LogP contribution is -2.44. The van der Waals surface area contributed by atoms with E-state index in [0.717, 1.165) is 60.4 Å². The Morgan fingerprint density at radius 1 is 0.891 bits per heavy atom. The number of hydrogen-bond donors (Lipinski definition) is 0. The van der Waals surface area contributed by atoms with Gasteiger partial charge in [0.1, 0.15) is 0 Å². The fraction of sp³-hybridized carbons (Fsp3) is 0.353. The second-order valence-corrected chi connectivity index (χ2v) is 12.2. The Balaban J connectivity index is 1.36. The van der Waals surface area contributed by atoms with Crippen LogP contribution in [-0.2, 0) is 32.6 Å². The van der Waals surface area contributed by atoms with Gasteiger partial charge in [-0.1, -0.05) is 6.92 Å². The highest BCUT2D eigenvalue weighted by atomic mass is 19.4. The number of likely N-dealkylation sites (N-methyl/N-ethyl adjacent to an activating group) is 1. The summed E-state index contributed by atoms with van der Waals surface area (Å²) in [5, 5.41) is 4.66. The number of hydrogen-bond acceptors (Lipinski definition) is 6. The molecule has 12 heteroatoms. The number of nitrogens with zero attached hydrogens (tertiary/aromatic N) is 8. The van der Waals surface area contributed by atoms with Gasteiger partial charge in [0.05, 0.1) is 23.2 Å². The van der Waals surface area contributed by atoms with Gasteiger partial charge in [-0.15, -0.1) is 0 Å². The molecule has 46 heavy (non-hydrogen) atoms. The van der Waals surface area contributed by atoms with Crippen molar-refractivity contribution in [1.82, 2.24) is 29.2 Å². The number of anilines is 2. The van der Waals surface area contributed by atoms with E-state index in [2.05, 4.69) is 46.0 Å². The summed E-state index contributed by atoms with van der Waals surface area (Å²) >= 11 is 0. The first-order valence-corrected chi connectivity index (χ1v) is 15.5. The molecule has 1 saturated heterocycles. The molecule has 2 aliphatic heterocycles. The maximum atomic E-state index is 14.5. The lowest BCUT2D eigenvalue weighted by Gasteiger charge is -2.35. The number of piperazine rings is 1. The van der Waals surface area contributed by atoms with Crippen molar-refractivity contribution in [2.24, 2.45) is 7.05 Å². The highest BCUT2D eigenvalue weighted by molar-refractivity contribution is 6.14. The van der Waals surface area contributed by atoms with Crippen molar-refractivity contribution in [3.8, 4) is 11.1 Å². The Kier molecular flexibility index (Phi) is 7.54. The molecule has 2 aliphatic rings. The minimum absolute atomic E-state index is 0.0289. The van der Waals surface area contributed by atoms with E-state index in [0.29, 0.717) is 41.8 Å². The van der Waals surface area contributed by atoms with Crippen LogP contribution in [0.15, 0.2) is 61.4 Å². The second-order valence-electron chi connectivity index (χ2n) is 12.2. The number of benzene rings is 2. The number of fused-ring (bicyclic) bond motifs is 2. The van der Waals surface area contributed by atoms with Gasteiger partial charge in [-0.25, -0.2) is 4.98 Å². The van der Waals surface area contributed by atoms with Gasteiger partial charge >= 0.3 is 6.18 Å². The third-order valence-electron chi connectivity index (χ3n) is 9.09. The van der Waals surface area contributed by atoms with Gasteiger partial charge in [-0.3, -0.25) is 14.5 Å². The molecule has 9 nitrogen and oxygen atoms in total. The first-order chi connectivity index (χ1) is 22.1. The Bertz CT molecular complexity index is 1920. The van der Waals surface area contributed by atoms with Gasteiger partial charge in [-0.2, -0.15) is 18.3 Å². The number of carbonyl (C=O) groups is 1. The molecule has 2 aromatic carbocycles. The molecule has 0 radical (unpaired) electrons. The zero-order valence-electron chi connectivity index (χ0n) is 26.1. The van der Waals surface area contributed by atoms with Gasteiger partial charge in [0.15, 0.2) is 5.69 Å². The van der Waals surface area contributed by atoms with E-state index in [9.17, 15) is 18.0 Å². The molecule has 1 fully saturated rings. The first-order valence-electron chi connectivity index (χ1n) is 15.5. The molecule has 0 N–H and O–H groups in total. The Morgan fingerprint density at radius 3 is 2.39 bits per heavy atom. The van der Waals surface area contributed by atoms with Crippen molar-refractivity contribution < 1.29 is 18.0 Å². The molecule has 3 aromatic heterocycles. The van der Waals surface area contributed by atoms with Crippen LogP contribution in [-0.4, -0.2) is 74.9 Å². The highest BCUT2D eigenvalue weighted by Gasteiger charge is 2.39. The van der Waals surface area contributed by atoms with Gasteiger partial charge in [0, 0.05) is 87.6 Å². The topological polar surface area (TPSA) is 75.3 Å². The standard InChI is InChI=1S/C34H35F3N8O/c1-4-22-15-27-29(5-7-39-31(27)30(18-22)44-13-11-41(2)12-14-44)45-9-6-24-25(28-20-42(3)40-32(28)34(35,36)37)16-23(17-26(24)33(45)46)19-43-10-8-38-21-43/h5,7-8,10,15-18,20-21H,4,6,9,11-14,19H2,1-3H3. The summed E-state index contributed by atoms with van der Waals surface area (Å²) < 4.78 is 45.5. The minimum Gasteiger partial charge on any atom is -0.367 e. The summed E-state index contributed by atoms with van der Waals surface area (Å²) in [5.74, 6) is -0.247. The number of pyridine rings is 1. The smallest absolute Gasteiger partial charge is 0.367 e. The van der Waals surface area contributed by atoms with Crippen molar-refractivity contribution in [2.45, 2.75) is 32.5 Å². The van der Waals surface area contributed by atoms with Crippen LogP contribution in [0.2, 0.25) is 0 Å². The van der Waals surface area contributed by atoms with E-state index in [1.165, 1.54) is 17.9 Å². The van der Waals surface area contributed by atoms with Crippen molar-refractivity contribution in [3.63, 3.8) is 0 Å². The molecule has 5 aromatic rings. The summed E-state index contributed by atoms with van der Waals surface area (Å²) in [7, 11) is 3.60. The van der Waals surface area contributed by atoms with Crippen LogP contribution >= 0.6 is 0 Å². The van der Waals surface area contributed by atoms with E-state index in [4.69, 9.17) is 4.98 Å². The summed E-state index contributed by atoms with van der Waals surface area (Å²) in [6.07, 6.45) is 4.77. The van der Waals surface area contributed by atoms with Crippen LogP contribution in [0.25, 0.3) is 22.0 Å². The predicted molar refractivity (Wildman–Crippen MR) is 171 cm³/mol. The van der Waals surface area contributed by atoms with E-state index in [-0.39, 0.29) is 11.5 Å². The molecule has 0 atom stereocenters. The Hall–Kier alpha value is -4.71. The fourth-order valence-corrected chi connectivity index (χ4v) is 6.72. The van der Waals surface area contributed by atoms with Gasteiger partial charge in [-0.05, 0) is 72.5 Å². The molecular formula is C34H35F3N8O. The zero-order chi connectivity index (χ0) is 32.2. The first kappa shape index (κ1) is 30.0. The summed E-state index contributed by atoms with van der Waals surface area (Å²) in [5.41, 5.74) is 4.90. The largest absolute Gasteiger partial charge is 0.435 e. The van der Waals surface area contributed by atoms with E-state index < -0.39 is 11.9 Å². The van der Waals surface area contributed by atoms with Crippen LogP contribution < -0.4 is 9.80 Å². The third-order valence-corrected chi connectivity index (χ3v) is 9.09. The van der Waals surface area contributed by atoms with Gasteiger partial charge < -0.3 is 19.3 Å². The zero-order valence-corrected chi connectivity index (χ0v) is 26.1. The van der Waals surface area contributed by atoms with Gasteiger partial charge in [0.2, 0.25) is 0 Å². The Morgan fingerprint density at radius 2 is 1.67 bits per heavy atom. The molecule has 238 valence electrons.